The summed E-state index contributed by atoms with van der Waals surface area (Å²) in [7, 11) is 0. The molecular formula is C21H21NO2. The Kier molecular flexibility index (Phi) is 3.85. The van der Waals surface area contributed by atoms with Gasteiger partial charge >= 0.3 is 0 Å². The SMILES string of the molecule is O=C(C=Cc1ccc2c(c1)CCO2)NCC1(c2ccccc2)CC1. The van der Waals surface area contributed by atoms with Crippen LogP contribution in [0.5, 0.6) is 5.75 Å². The first kappa shape index (κ1) is 15.0. The van der Waals surface area contributed by atoms with E-state index >= 15 is 0 Å². The number of fused-ring (bicyclic) bond motifs is 1. The minimum absolute atomic E-state index is 0.0334. The molecule has 0 radical (unpaired) electrons. The minimum Gasteiger partial charge on any atom is -0.493 e. The molecule has 1 N–H and O–H groups in total. The van der Waals surface area contributed by atoms with Gasteiger partial charge in [0.25, 0.3) is 0 Å². The maximum atomic E-state index is 12.1. The molecule has 122 valence electrons. The summed E-state index contributed by atoms with van der Waals surface area (Å²) in [5.74, 6) is 0.934. The minimum atomic E-state index is -0.0334. The van der Waals surface area contributed by atoms with Crippen LogP contribution in [0, 0.1) is 0 Å². The summed E-state index contributed by atoms with van der Waals surface area (Å²) in [6, 6.07) is 16.5. The molecule has 0 spiro atoms. The second kappa shape index (κ2) is 6.16. The van der Waals surface area contributed by atoms with Gasteiger partial charge in [-0.15, -0.1) is 0 Å². The van der Waals surface area contributed by atoms with E-state index in [0.717, 1.165) is 37.2 Å². The molecule has 4 rings (SSSR count). The molecule has 1 aliphatic heterocycles. The van der Waals surface area contributed by atoms with Crippen molar-refractivity contribution in [1.82, 2.24) is 5.32 Å². The number of nitrogens with one attached hydrogen (secondary N) is 1. The van der Waals surface area contributed by atoms with Crippen molar-refractivity contribution in [3.63, 3.8) is 0 Å². The van der Waals surface area contributed by atoms with Gasteiger partial charge in [0.15, 0.2) is 0 Å². The Morgan fingerprint density at radius 3 is 2.79 bits per heavy atom. The van der Waals surface area contributed by atoms with Crippen LogP contribution in [0.4, 0.5) is 0 Å². The Bertz CT molecular complexity index is 776. The number of benzene rings is 2. The molecule has 1 amide bonds. The van der Waals surface area contributed by atoms with E-state index in [1.165, 1.54) is 11.1 Å². The number of carbonyl (C=O) groups excluding carboxylic acids is 1. The van der Waals surface area contributed by atoms with Gasteiger partial charge in [-0.1, -0.05) is 36.4 Å². The molecule has 0 unspecified atom stereocenters. The lowest BCUT2D eigenvalue weighted by Gasteiger charge is -2.15. The third-order valence-electron chi connectivity index (χ3n) is 4.98. The average Bonchev–Trinajstić information content (AvgIpc) is 3.28. The Labute approximate surface area is 142 Å². The molecule has 1 heterocycles. The van der Waals surface area contributed by atoms with Gasteiger partial charge in [0, 0.05) is 24.5 Å². The van der Waals surface area contributed by atoms with E-state index in [-0.39, 0.29) is 11.3 Å². The van der Waals surface area contributed by atoms with Crippen LogP contribution in [0.3, 0.4) is 0 Å². The highest BCUT2D eigenvalue weighted by Crippen LogP contribution is 2.47. The fourth-order valence-electron chi connectivity index (χ4n) is 3.31. The molecule has 2 aromatic carbocycles. The highest BCUT2D eigenvalue weighted by molar-refractivity contribution is 5.91. The number of amides is 1. The largest absolute Gasteiger partial charge is 0.493 e. The summed E-state index contributed by atoms with van der Waals surface area (Å²) in [6.07, 6.45) is 6.73. The fraction of sp³-hybridized carbons (Fsp3) is 0.286. The van der Waals surface area contributed by atoms with Crippen molar-refractivity contribution in [2.24, 2.45) is 0 Å². The summed E-state index contributed by atoms with van der Waals surface area (Å²) < 4.78 is 5.50. The van der Waals surface area contributed by atoms with Crippen LogP contribution in [0.15, 0.2) is 54.6 Å². The van der Waals surface area contributed by atoms with Crippen LogP contribution in [0.25, 0.3) is 6.08 Å². The third-order valence-corrected chi connectivity index (χ3v) is 4.98. The first-order valence-electron chi connectivity index (χ1n) is 8.52. The number of carbonyl (C=O) groups is 1. The van der Waals surface area contributed by atoms with Gasteiger partial charge in [0.05, 0.1) is 6.61 Å². The lowest BCUT2D eigenvalue weighted by molar-refractivity contribution is -0.116. The zero-order valence-corrected chi connectivity index (χ0v) is 13.6. The van der Waals surface area contributed by atoms with Crippen LogP contribution in [-0.2, 0) is 16.6 Å². The van der Waals surface area contributed by atoms with Gasteiger partial charge in [0.2, 0.25) is 5.91 Å². The van der Waals surface area contributed by atoms with E-state index in [4.69, 9.17) is 4.74 Å². The first-order valence-corrected chi connectivity index (χ1v) is 8.52. The van der Waals surface area contributed by atoms with Crippen molar-refractivity contribution in [2.75, 3.05) is 13.2 Å². The summed E-state index contributed by atoms with van der Waals surface area (Å²) >= 11 is 0. The zero-order valence-electron chi connectivity index (χ0n) is 13.6. The third kappa shape index (κ3) is 3.07. The molecular weight excluding hydrogens is 298 g/mol. The van der Waals surface area contributed by atoms with Crippen molar-refractivity contribution in [3.8, 4) is 5.75 Å². The lowest BCUT2D eigenvalue weighted by atomic mass is 9.96. The second-order valence-electron chi connectivity index (χ2n) is 6.66. The van der Waals surface area contributed by atoms with Gasteiger partial charge < -0.3 is 10.1 Å². The first-order chi connectivity index (χ1) is 11.8. The van der Waals surface area contributed by atoms with E-state index in [9.17, 15) is 4.79 Å². The molecule has 3 nitrogen and oxygen atoms in total. The smallest absolute Gasteiger partial charge is 0.244 e. The van der Waals surface area contributed by atoms with Gasteiger partial charge in [0.1, 0.15) is 5.75 Å². The summed E-state index contributed by atoms with van der Waals surface area (Å²) in [5, 5.41) is 3.06. The molecule has 3 heteroatoms. The number of hydrogen-bond donors (Lipinski definition) is 1. The maximum Gasteiger partial charge on any atom is 0.244 e. The van der Waals surface area contributed by atoms with Crippen molar-refractivity contribution in [1.29, 1.82) is 0 Å². The topological polar surface area (TPSA) is 38.3 Å². The normalized spacial score (nSPS) is 17.3. The zero-order chi connectivity index (χ0) is 16.4. The Hall–Kier alpha value is -2.55. The van der Waals surface area contributed by atoms with E-state index in [0.29, 0.717) is 6.54 Å². The van der Waals surface area contributed by atoms with Gasteiger partial charge in [-0.25, -0.2) is 0 Å². The van der Waals surface area contributed by atoms with Crippen molar-refractivity contribution in [2.45, 2.75) is 24.7 Å². The molecule has 1 saturated carbocycles. The highest BCUT2D eigenvalue weighted by Gasteiger charge is 2.43. The molecule has 0 aromatic heterocycles. The predicted molar refractivity (Wildman–Crippen MR) is 95.0 cm³/mol. The monoisotopic (exact) mass is 319 g/mol. The summed E-state index contributed by atoms with van der Waals surface area (Å²) in [4.78, 5) is 12.1. The Morgan fingerprint density at radius 2 is 2.00 bits per heavy atom. The second-order valence-corrected chi connectivity index (χ2v) is 6.66. The number of rotatable bonds is 5. The van der Waals surface area contributed by atoms with E-state index < -0.39 is 0 Å². The molecule has 2 aliphatic rings. The molecule has 24 heavy (non-hydrogen) atoms. The predicted octanol–water partition coefficient (Wildman–Crippen LogP) is 3.48. The number of ether oxygens (including phenoxy) is 1. The molecule has 0 bridgehead atoms. The van der Waals surface area contributed by atoms with E-state index in [2.05, 4.69) is 35.6 Å². The molecule has 2 aromatic rings. The Morgan fingerprint density at radius 1 is 1.17 bits per heavy atom. The molecule has 1 fully saturated rings. The van der Waals surface area contributed by atoms with Crippen molar-refractivity contribution >= 4 is 12.0 Å². The summed E-state index contributed by atoms with van der Waals surface area (Å²) in [5.41, 5.74) is 3.74. The van der Waals surface area contributed by atoms with Crippen LogP contribution < -0.4 is 10.1 Å². The number of hydrogen-bond acceptors (Lipinski definition) is 2. The quantitative estimate of drug-likeness (QED) is 0.857. The highest BCUT2D eigenvalue weighted by atomic mass is 16.5. The van der Waals surface area contributed by atoms with Crippen molar-refractivity contribution in [3.05, 3.63) is 71.3 Å². The molecule has 0 saturated heterocycles. The fourth-order valence-corrected chi connectivity index (χ4v) is 3.31. The van der Waals surface area contributed by atoms with Gasteiger partial charge in [-0.2, -0.15) is 0 Å². The van der Waals surface area contributed by atoms with Gasteiger partial charge in [-0.3, -0.25) is 4.79 Å². The van der Waals surface area contributed by atoms with Crippen LogP contribution >= 0.6 is 0 Å². The van der Waals surface area contributed by atoms with Crippen LogP contribution in [-0.4, -0.2) is 19.1 Å². The summed E-state index contributed by atoms with van der Waals surface area (Å²) in [6.45, 7) is 1.46. The average molecular weight is 319 g/mol. The van der Waals surface area contributed by atoms with Gasteiger partial charge in [-0.05, 0) is 47.7 Å². The van der Waals surface area contributed by atoms with Crippen molar-refractivity contribution < 1.29 is 9.53 Å². The van der Waals surface area contributed by atoms with E-state index in [1.54, 1.807) is 6.08 Å². The Balaban J connectivity index is 1.35. The van der Waals surface area contributed by atoms with E-state index in [1.807, 2.05) is 24.3 Å². The van der Waals surface area contributed by atoms with Crippen LogP contribution in [0.2, 0.25) is 0 Å². The lowest BCUT2D eigenvalue weighted by Crippen LogP contribution is -2.30. The van der Waals surface area contributed by atoms with Crippen LogP contribution in [0.1, 0.15) is 29.5 Å². The standard InChI is InChI=1S/C21H21NO2/c23-20(9-7-16-6-8-19-17(14-16)10-13-24-19)22-15-21(11-12-21)18-4-2-1-3-5-18/h1-9,14H,10-13,15H2,(H,22,23). The maximum absolute atomic E-state index is 12.1. The molecule has 0 atom stereocenters. The molecule has 1 aliphatic carbocycles.